The molecule has 0 saturated carbocycles. The first kappa shape index (κ1) is 7.58. The first-order valence-corrected chi connectivity index (χ1v) is 4.77. The van der Waals surface area contributed by atoms with E-state index in [1.54, 1.807) is 11.3 Å². The van der Waals surface area contributed by atoms with Gasteiger partial charge in [0.25, 0.3) is 0 Å². The van der Waals surface area contributed by atoms with Crippen molar-refractivity contribution in [2.75, 3.05) is 5.88 Å². The largest absolute Gasteiger partial charge is 0.133 e. The second kappa shape index (κ2) is 3.59. The van der Waals surface area contributed by atoms with Crippen LogP contribution in [0, 0.1) is 0 Å². The van der Waals surface area contributed by atoms with Gasteiger partial charge in [-0.3, -0.25) is 0 Å². The number of hydrogen-bond donors (Lipinski definition) is 0. The zero-order chi connectivity index (χ0) is 6.69. The smallest absolute Gasteiger partial charge is 0.0701 e. The average molecular weight is 226 g/mol. The Labute approximate surface area is 72.0 Å². The van der Waals surface area contributed by atoms with Gasteiger partial charge in [-0.15, -0.1) is 22.9 Å². The van der Waals surface area contributed by atoms with Crippen LogP contribution < -0.4 is 0 Å². The Kier molecular flexibility index (Phi) is 3.02. The van der Waals surface area contributed by atoms with E-state index >= 15 is 0 Å². The lowest BCUT2D eigenvalue weighted by atomic mass is 10.4. The van der Waals surface area contributed by atoms with E-state index in [0.717, 1.165) is 6.42 Å². The topological polar surface area (TPSA) is 0 Å². The number of aryl methyl sites for hydroxylation is 1. The molecule has 9 heavy (non-hydrogen) atoms. The Morgan fingerprint density at radius 3 is 2.78 bits per heavy atom. The van der Waals surface area contributed by atoms with E-state index in [0.29, 0.717) is 5.88 Å². The molecule has 1 rings (SSSR count). The van der Waals surface area contributed by atoms with Crippen molar-refractivity contribution in [1.82, 2.24) is 0 Å². The van der Waals surface area contributed by atoms with Crippen LogP contribution in [0.5, 0.6) is 0 Å². The van der Waals surface area contributed by atoms with Crippen molar-refractivity contribution in [3.63, 3.8) is 0 Å². The van der Waals surface area contributed by atoms with E-state index in [2.05, 4.69) is 22.0 Å². The van der Waals surface area contributed by atoms with Crippen molar-refractivity contribution < 1.29 is 0 Å². The fourth-order valence-electron chi connectivity index (χ4n) is 0.579. The van der Waals surface area contributed by atoms with E-state index in [4.69, 9.17) is 11.6 Å². The van der Waals surface area contributed by atoms with Gasteiger partial charge < -0.3 is 0 Å². The maximum atomic E-state index is 5.54. The summed E-state index contributed by atoms with van der Waals surface area (Å²) in [5, 5.41) is 0. The van der Waals surface area contributed by atoms with Crippen LogP contribution in [0.3, 0.4) is 0 Å². The molecule has 0 aliphatic carbocycles. The molecule has 0 nitrogen and oxygen atoms in total. The Morgan fingerprint density at radius 1 is 1.56 bits per heavy atom. The minimum absolute atomic E-state index is 0.715. The molecule has 0 amide bonds. The average Bonchev–Trinajstić information content (AvgIpc) is 2.17. The fraction of sp³-hybridized carbons (Fsp3) is 0.333. The van der Waals surface area contributed by atoms with Crippen LogP contribution >= 0.6 is 38.9 Å². The normalized spacial score (nSPS) is 10.0. The summed E-state index contributed by atoms with van der Waals surface area (Å²) < 4.78 is 1.18. The zero-order valence-corrected chi connectivity index (χ0v) is 7.89. The Bertz CT molecular complexity index is 185. The van der Waals surface area contributed by atoms with Gasteiger partial charge in [-0.25, -0.2) is 0 Å². The van der Waals surface area contributed by atoms with Crippen molar-refractivity contribution in [1.29, 1.82) is 0 Å². The minimum atomic E-state index is 0.715. The van der Waals surface area contributed by atoms with E-state index < -0.39 is 0 Å². The first-order chi connectivity index (χ1) is 4.33. The summed E-state index contributed by atoms with van der Waals surface area (Å²) >= 11 is 10.7. The van der Waals surface area contributed by atoms with Gasteiger partial charge in [0.05, 0.1) is 3.79 Å². The fourth-order valence-corrected chi connectivity index (χ4v) is 2.38. The summed E-state index contributed by atoms with van der Waals surface area (Å²) in [5.74, 6) is 0.715. The third kappa shape index (κ3) is 2.28. The first-order valence-electron chi connectivity index (χ1n) is 2.63. The minimum Gasteiger partial charge on any atom is -0.133 e. The van der Waals surface area contributed by atoms with Gasteiger partial charge in [-0.2, -0.15) is 0 Å². The van der Waals surface area contributed by atoms with Gasteiger partial charge in [0.2, 0.25) is 0 Å². The molecule has 0 spiro atoms. The number of alkyl halides is 1. The van der Waals surface area contributed by atoms with Crippen LogP contribution in [0.25, 0.3) is 0 Å². The molecule has 0 bridgehead atoms. The molecule has 0 unspecified atom stereocenters. The van der Waals surface area contributed by atoms with Crippen LogP contribution in [-0.2, 0) is 6.42 Å². The molecule has 0 fully saturated rings. The number of halogens is 2. The molecule has 0 atom stereocenters. The molecule has 1 heterocycles. The van der Waals surface area contributed by atoms with Crippen LogP contribution in [-0.4, -0.2) is 5.88 Å². The predicted molar refractivity (Wildman–Crippen MR) is 46.4 cm³/mol. The predicted octanol–water partition coefficient (Wildman–Crippen LogP) is 3.29. The summed E-state index contributed by atoms with van der Waals surface area (Å²) in [4.78, 5) is 1.34. The van der Waals surface area contributed by atoms with E-state index in [1.807, 2.05) is 6.07 Å². The molecular formula is C6H6BrClS. The van der Waals surface area contributed by atoms with Gasteiger partial charge in [-0.05, 0) is 34.5 Å². The second-order valence-corrected chi connectivity index (χ2v) is 4.57. The summed E-state index contributed by atoms with van der Waals surface area (Å²) in [5.41, 5.74) is 0. The van der Waals surface area contributed by atoms with Gasteiger partial charge in [0.15, 0.2) is 0 Å². The van der Waals surface area contributed by atoms with Crippen LogP contribution in [0.15, 0.2) is 15.9 Å². The number of hydrogen-bond acceptors (Lipinski definition) is 1. The van der Waals surface area contributed by atoms with E-state index in [-0.39, 0.29) is 0 Å². The third-order valence-electron chi connectivity index (χ3n) is 0.970. The lowest BCUT2D eigenvalue weighted by Crippen LogP contribution is -1.76. The molecule has 0 radical (unpaired) electrons. The standard InChI is InChI=1S/C6H6BrClS/c7-6-2-1-5(9-6)3-4-8/h1-2H,3-4H2. The summed E-state index contributed by atoms with van der Waals surface area (Å²) in [6.45, 7) is 0. The maximum absolute atomic E-state index is 5.54. The van der Waals surface area contributed by atoms with Gasteiger partial charge in [0, 0.05) is 10.8 Å². The highest BCUT2D eigenvalue weighted by Gasteiger charge is 1.94. The number of thiophene rings is 1. The summed E-state index contributed by atoms with van der Waals surface area (Å²) in [7, 11) is 0. The van der Waals surface area contributed by atoms with Gasteiger partial charge >= 0.3 is 0 Å². The van der Waals surface area contributed by atoms with Crippen molar-refractivity contribution in [2.24, 2.45) is 0 Å². The third-order valence-corrected chi connectivity index (χ3v) is 2.84. The molecule has 0 aromatic carbocycles. The van der Waals surface area contributed by atoms with E-state index in [9.17, 15) is 0 Å². The molecule has 0 aliphatic rings. The lowest BCUT2D eigenvalue weighted by molar-refractivity contribution is 1.20. The quantitative estimate of drug-likeness (QED) is 0.678. The highest BCUT2D eigenvalue weighted by molar-refractivity contribution is 9.11. The molecule has 1 aromatic heterocycles. The molecule has 1 aromatic rings. The Hall–Kier alpha value is 0.470. The Balaban J connectivity index is 2.61. The van der Waals surface area contributed by atoms with E-state index in [1.165, 1.54) is 8.66 Å². The Morgan fingerprint density at radius 2 is 2.33 bits per heavy atom. The summed E-state index contributed by atoms with van der Waals surface area (Å²) in [6.07, 6.45) is 0.984. The maximum Gasteiger partial charge on any atom is 0.0701 e. The van der Waals surface area contributed by atoms with Crippen molar-refractivity contribution in [2.45, 2.75) is 6.42 Å². The van der Waals surface area contributed by atoms with Crippen molar-refractivity contribution >= 4 is 38.9 Å². The number of rotatable bonds is 2. The van der Waals surface area contributed by atoms with Crippen molar-refractivity contribution in [3.05, 3.63) is 20.8 Å². The monoisotopic (exact) mass is 224 g/mol. The van der Waals surface area contributed by atoms with Gasteiger partial charge in [-0.1, -0.05) is 0 Å². The van der Waals surface area contributed by atoms with Gasteiger partial charge in [0.1, 0.15) is 0 Å². The molecule has 0 N–H and O–H groups in total. The lowest BCUT2D eigenvalue weighted by Gasteiger charge is -1.85. The SMILES string of the molecule is ClCCc1ccc(Br)s1. The molecule has 3 heteroatoms. The molecular weight excluding hydrogens is 219 g/mol. The highest BCUT2D eigenvalue weighted by atomic mass is 79.9. The highest BCUT2D eigenvalue weighted by Crippen LogP contribution is 2.22. The summed E-state index contributed by atoms with van der Waals surface area (Å²) in [6, 6.07) is 4.14. The van der Waals surface area contributed by atoms with Crippen LogP contribution in [0.1, 0.15) is 4.88 Å². The second-order valence-electron chi connectivity index (χ2n) is 1.64. The molecule has 50 valence electrons. The van der Waals surface area contributed by atoms with Crippen LogP contribution in [0.2, 0.25) is 0 Å². The van der Waals surface area contributed by atoms with Crippen molar-refractivity contribution in [3.8, 4) is 0 Å². The molecule has 0 aliphatic heterocycles. The zero-order valence-electron chi connectivity index (χ0n) is 4.73. The van der Waals surface area contributed by atoms with Crippen LogP contribution in [0.4, 0.5) is 0 Å². The molecule has 0 saturated heterocycles.